The van der Waals surface area contributed by atoms with E-state index in [4.69, 9.17) is 15.2 Å². The molecule has 0 spiro atoms. The molecule has 1 saturated heterocycles. The first-order valence-corrected chi connectivity index (χ1v) is 11.8. The first-order chi connectivity index (χ1) is 18.3. The van der Waals surface area contributed by atoms with Gasteiger partial charge in [0.25, 0.3) is 11.8 Å². The molecule has 212 valence electrons. The average Bonchev–Trinajstić information content (AvgIpc) is 2.89. The van der Waals surface area contributed by atoms with Gasteiger partial charge in [0.1, 0.15) is 17.0 Å². The molecule has 3 rings (SSSR count). The number of hydrogen-bond acceptors (Lipinski definition) is 8. The summed E-state index contributed by atoms with van der Waals surface area (Å²) < 4.78 is 78.5. The van der Waals surface area contributed by atoms with Crippen LogP contribution in [0.25, 0.3) is 5.57 Å². The van der Waals surface area contributed by atoms with Crippen LogP contribution in [0.2, 0.25) is 0 Å². The maximum atomic E-state index is 14.6. The van der Waals surface area contributed by atoms with Crippen molar-refractivity contribution in [2.75, 3.05) is 39.7 Å². The highest BCUT2D eigenvalue weighted by atomic mass is 19.4. The van der Waals surface area contributed by atoms with Crippen LogP contribution >= 0.6 is 0 Å². The second-order valence-electron chi connectivity index (χ2n) is 8.98. The number of alkyl halides is 5. The topological polar surface area (TPSA) is 115 Å². The van der Waals surface area contributed by atoms with Crippen LogP contribution in [-0.4, -0.2) is 73.3 Å². The van der Waals surface area contributed by atoms with Gasteiger partial charge >= 0.3 is 6.18 Å². The lowest BCUT2D eigenvalue weighted by Crippen LogP contribution is -2.58. The van der Waals surface area contributed by atoms with E-state index < -0.39 is 54.4 Å². The Balaban J connectivity index is 1.93. The molecule has 0 radical (unpaired) electrons. The molecule has 0 saturated carbocycles. The molecule has 14 heteroatoms. The first kappa shape index (κ1) is 29.6. The number of allylic oxidation sites excluding steroid dienone is 1. The fourth-order valence-corrected chi connectivity index (χ4v) is 4.35. The molecular weight excluding hydrogens is 527 g/mol. The molecule has 2 heterocycles. The minimum Gasteiger partial charge on any atom is -0.497 e. The molecule has 3 N–H and O–H groups in total. The van der Waals surface area contributed by atoms with Crippen molar-refractivity contribution in [3.63, 3.8) is 0 Å². The third kappa shape index (κ3) is 6.92. The maximum Gasteiger partial charge on any atom is 0.423 e. The summed E-state index contributed by atoms with van der Waals surface area (Å²) in [6.07, 6.45) is -3.33. The lowest BCUT2D eigenvalue weighted by Gasteiger charge is -2.43. The molecule has 2 aromatic rings. The number of amides is 1. The van der Waals surface area contributed by atoms with Crippen molar-refractivity contribution in [1.29, 1.82) is 0 Å². The molecule has 1 amide bonds. The van der Waals surface area contributed by atoms with Crippen molar-refractivity contribution in [1.82, 2.24) is 14.9 Å². The zero-order valence-corrected chi connectivity index (χ0v) is 21.7. The van der Waals surface area contributed by atoms with E-state index in [9.17, 15) is 26.7 Å². The molecule has 1 aromatic carbocycles. The molecule has 2 unspecified atom stereocenters. The van der Waals surface area contributed by atoms with Crippen molar-refractivity contribution in [3.05, 3.63) is 47.3 Å². The van der Waals surface area contributed by atoms with Gasteiger partial charge in [-0.3, -0.25) is 9.79 Å². The number of rotatable bonds is 8. The van der Waals surface area contributed by atoms with Gasteiger partial charge in [-0.05, 0) is 23.6 Å². The number of piperidine rings is 1. The molecule has 9 nitrogen and oxygen atoms in total. The van der Waals surface area contributed by atoms with Crippen molar-refractivity contribution in [3.8, 4) is 11.6 Å². The van der Waals surface area contributed by atoms with Crippen molar-refractivity contribution in [2.24, 2.45) is 16.6 Å². The van der Waals surface area contributed by atoms with Gasteiger partial charge in [0.15, 0.2) is 0 Å². The summed E-state index contributed by atoms with van der Waals surface area (Å²) in [4.78, 5) is 25.8. The number of nitrogens with one attached hydrogen (secondary N) is 1. The molecule has 1 aliphatic heterocycles. The number of halogens is 5. The maximum absolute atomic E-state index is 14.6. The summed E-state index contributed by atoms with van der Waals surface area (Å²) in [7, 11) is 4.00. The number of methoxy groups -OCH3 is 2. The number of benzene rings is 1. The molecule has 39 heavy (non-hydrogen) atoms. The Hall–Kier alpha value is -3.97. The molecule has 0 aliphatic carbocycles. The highest BCUT2D eigenvalue weighted by Gasteiger charge is 2.46. The first-order valence-electron chi connectivity index (χ1n) is 11.8. The van der Waals surface area contributed by atoms with E-state index in [1.54, 1.807) is 31.2 Å². The summed E-state index contributed by atoms with van der Waals surface area (Å²) in [6.45, 7) is 0.510. The Bertz CT molecular complexity index is 1230. The monoisotopic (exact) mass is 556 g/mol. The quantitative estimate of drug-likeness (QED) is 0.288. The predicted molar refractivity (Wildman–Crippen MR) is 135 cm³/mol. The number of nitrogens with two attached hydrogens (primary N) is 1. The summed E-state index contributed by atoms with van der Waals surface area (Å²) in [5, 5.41) is 2.74. The van der Waals surface area contributed by atoms with E-state index in [0.29, 0.717) is 17.5 Å². The van der Waals surface area contributed by atoms with Crippen molar-refractivity contribution in [2.45, 2.75) is 31.5 Å². The molecule has 1 aliphatic rings. The van der Waals surface area contributed by atoms with Crippen LogP contribution in [0.3, 0.4) is 0 Å². The largest absolute Gasteiger partial charge is 0.497 e. The average molecular weight is 557 g/mol. The minimum atomic E-state index is -4.73. The lowest BCUT2D eigenvalue weighted by atomic mass is 9.88. The molecular formula is C25H29F5N6O3. The highest BCUT2D eigenvalue weighted by Crippen LogP contribution is 2.37. The van der Waals surface area contributed by atoms with Gasteiger partial charge in [-0.1, -0.05) is 19.1 Å². The number of likely N-dealkylation sites (tertiary alicyclic amines) is 1. The van der Waals surface area contributed by atoms with Crippen LogP contribution < -0.4 is 20.5 Å². The second-order valence-corrected chi connectivity index (χ2v) is 8.98. The van der Waals surface area contributed by atoms with Crippen LogP contribution in [0.4, 0.5) is 27.9 Å². The second kappa shape index (κ2) is 11.8. The zero-order valence-electron chi connectivity index (χ0n) is 21.7. The van der Waals surface area contributed by atoms with Crippen molar-refractivity contribution < 1.29 is 36.2 Å². The number of anilines is 1. The van der Waals surface area contributed by atoms with Crippen LogP contribution in [-0.2, 0) is 11.0 Å². The van der Waals surface area contributed by atoms with E-state index in [0.717, 1.165) is 12.0 Å². The summed E-state index contributed by atoms with van der Waals surface area (Å²) in [5.74, 6) is -5.10. The summed E-state index contributed by atoms with van der Waals surface area (Å²) in [5.41, 5.74) is 5.52. The standard InChI is InChI=1S/C25H29F5N6O3/c1-14-9-24(26,27)13-36(19(14)12-34-23-33-11-18(25(28,29)30)21(35-23)39-4)22(37)20(31)17(10-32-2)15-5-7-16(38-3)8-6-15/h5-8,10-11,14,19H,9,12-13,31H2,1-4H3,(H,33,34,35). The van der Waals surface area contributed by atoms with E-state index in [1.165, 1.54) is 20.4 Å². The number of aromatic nitrogens is 2. The Morgan fingerprint density at radius 3 is 2.49 bits per heavy atom. The minimum absolute atomic E-state index is 0.134. The zero-order chi connectivity index (χ0) is 29.0. The Kier molecular flexibility index (Phi) is 8.97. The number of carbonyl (C=O) groups excluding carboxylic acids is 1. The summed E-state index contributed by atoms with van der Waals surface area (Å²) in [6, 6.07) is 5.79. The smallest absolute Gasteiger partial charge is 0.423 e. The molecule has 0 bridgehead atoms. The van der Waals surface area contributed by atoms with Gasteiger partial charge in [-0.2, -0.15) is 18.2 Å². The molecule has 1 aromatic heterocycles. The number of carbonyl (C=O) groups is 1. The third-order valence-corrected chi connectivity index (χ3v) is 6.24. The van der Waals surface area contributed by atoms with Gasteiger partial charge in [0.05, 0.1) is 26.8 Å². The normalized spacial score (nSPS) is 20.0. The van der Waals surface area contributed by atoms with E-state index >= 15 is 0 Å². The van der Waals surface area contributed by atoms with Crippen LogP contribution in [0.15, 0.2) is 41.2 Å². The number of nitrogens with zero attached hydrogens (tertiary/aromatic N) is 4. The fourth-order valence-electron chi connectivity index (χ4n) is 4.35. The SMILES string of the molecule is CN=CC(=C(N)C(=O)N1CC(F)(F)CC(C)C1CNc1ncc(C(F)(F)F)c(OC)n1)c1ccc(OC)cc1. The van der Waals surface area contributed by atoms with Gasteiger partial charge in [0, 0.05) is 38.0 Å². The van der Waals surface area contributed by atoms with E-state index in [1.807, 2.05) is 0 Å². The molecule has 1 fully saturated rings. The van der Waals surface area contributed by atoms with Gasteiger partial charge in [-0.25, -0.2) is 13.8 Å². The van der Waals surface area contributed by atoms with Crippen LogP contribution in [0, 0.1) is 5.92 Å². The molecule has 2 atom stereocenters. The summed E-state index contributed by atoms with van der Waals surface area (Å²) >= 11 is 0. The highest BCUT2D eigenvalue weighted by molar-refractivity contribution is 6.18. The Labute approximate surface area is 221 Å². The van der Waals surface area contributed by atoms with Gasteiger partial charge < -0.3 is 25.4 Å². The fraction of sp³-hybridized carbons (Fsp3) is 0.440. The van der Waals surface area contributed by atoms with E-state index in [2.05, 4.69) is 20.3 Å². The predicted octanol–water partition coefficient (Wildman–Crippen LogP) is 3.87. The van der Waals surface area contributed by atoms with E-state index in [-0.39, 0.29) is 23.8 Å². The van der Waals surface area contributed by atoms with Crippen LogP contribution in [0.5, 0.6) is 11.6 Å². The number of ether oxygens (including phenoxy) is 2. The van der Waals surface area contributed by atoms with Crippen molar-refractivity contribution >= 4 is 23.6 Å². The number of hydrogen-bond donors (Lipinski definition) is 2. The third-order valence-electron chi connectivity index (χ3n) is 6.24. The number of aliphatic imine (C=N–C) groups is 1. The van der Waals surface area contributed by atoms with Crippen LogP contribution in [0.1, 0.15) is 24.5 Å². The lowest BCUT2D eigenvalue weighted by molar-refractivity contribution is -0.148. The Morgan fingerprint density at radius 2 is 1.92 bits per heavy atom. The Morgan fingerprint density at radius 1 is 1.26 bits per heavy atom. The van der Waals surface area contributed by atoms with Gasteiger partial charge in [0.2, 0.25) is 11.8 Å². The van der Waals surface area contributed by atoms with Gasteiger partial charge in [-0.15, -0.1) is 0 Å².